The number of hydrogen-bond donors (Lipinski definition) is 2. The van der Waals surface area contributed by atoms with E-state index >= 15 is 4.39 Å². The number of amides is 2. The predicted molar refractivity (Wildman–Crippen MR) is 150 cm³/mol. The summed E-state index contributed by atoms with van der Waals surface area (Å²) in [5.41, 5.74) is 6.87. The van der Waals surface area contributed by atoms with Crippen LogP contribution in [0.5, 0.6) is 5.75 Å². The van der Waals surface area contributed by atoms with Crippen LogP contribution in [0.4, 0.5) is 10.1 Å². The summed E-state index contributed by atoms with van der Waals surface area (Å²) in [5, 5.41) is 2.80. The number of aromatic nitrogens is 1. The SMILES string of the molecule is C[C@H]1COc2cn([C@@H](CC3CCCCO3)C(=O)Nc3ccc(C(N)=O)cc3)c(=O)cc2-c2c(ccc(Cl)c2F)C1. The molecule has 2 aliphatic heterocycles. The molecular weight excluding hydrogens is 537 g/mol. The van der Waals surface area contributed by atoms with E-state index in [1.165, 1.54) is 35.0 Å². The Labute approximate surface area is 236 Å². The van der Waals surface area contributed by atoms with Crippen molar-refractivity contribution in [3.05, 3.63) is 81.0 Å². The lowest BCUT2D eigenvalue weighted by atomic mass is 9.91. The zero-order valence-corrected chi connectivity index (χ0v) is 22.9. The molecule has 3 N–H and O–H groups in total. The fourth-order valence-electron chi connectivity index (χ4n) is 5.33. The van der Waals surface area contributed by atoms with E-state index in [0.717, 1.165) is 24.8 Å². The quantitative estimate of drug-likeness (QED) is 0.429. The van der Waals surface area contributed by atoms with Crippen LogP contribution in [0, 0.1) is 11.7 Å². The van der Waals surface area contributed by atoms with Crippen LogP contribution in [-0.2, 0) is 16.0 Å². The summed E-state index contributed by atoms with van der Waals surface area (Å²) in [5.74, 6) is -1.25. The van der Waals surface area contributed by atoms with Crippen molar-refractivity contribution in [1.29, 1.82) is 0 Å². The third kappa shape index (κ3) is 5.90. The molecule has 5 rings (SSSR count). The van der Waals surface area contributed by atoms with E-state index in [1.807, 2.05) is 6.92 Å². The third-order valence-corrected chi connectivity index (χ3v) is 7.71. The number of pyridine rings is 1. The third-order valence-electron chi connectivity index (χ3n) is 7.42. The van der Waals surface area contributed by atoms with Gasteiger partial charge in [0.2, 0.25) is 11.8 Å². The number of nitrogens with one attached hydrogen (secondary N) is 1. The van der Waals surface area contributed by atoms with Crippen LogP contribution >= 0.6 is 11.6 Å². The van der Waals surface area contributed by atoms with Crippen molar-refractivity contribution >= 4 is 29.1 Å². The first-order valence-corrected chi connectivity index (χ1v) is 13.8. The topological polar surface area (TPSA) is 113 Å². The minimum atomic E-state index is -0.938. The summed E-state index contributed by atoms with van der Waals surface area (Å²) in [7, 11) is 0. The molecule has 0 bridgehead atoms. The van der Waals surface area contributed by atoms with Crippen molar-refractivity contribution in [1.82, 2.24) is 4.57 Å². The average molecular weight is 568 g/mol. The molecular formula is C30H31ClFN3O5. The Bertz CT molecular complexity index is 1480. The Balaban J connectivity index is 1.56. The minimum Gasteiger partial charge on any atom is -0.491 e. The Morgan fingerprint density at radius 3 is 2.67 bits per heavy atom. The zero-order valence-electron chi connectivity index (χ0n) is 22.1. The second-order valence-corrected chi connectivity index (χ2v) is 10.9. The number of ether oxygens (including phenoxy) is 2. The molecule has 1 unspecified atom stereocenters. The highest BCUT2D eigenvalue weighted by Gasteiger charge is 2.30. The van der Waals surface area contributed by atoms with Gasteiger partial charge in [-0.3, -0.25) is 19.0 Å². The highest BCUT2D eigenvalue weighted by Crippen LogP contribution is 2.39. The molecule has 0 saturated carbocycles. The molecule has 0 radical (unpaired) electrons. The van der Waals surface area contributed by atoms with Crippen LogP contribution in [0.15, 0.2) is 53.5 Å². The fraction of sp³-hybridized carbons (Fsp3) is 0.367. The Morgan fingerprint density at radius 1 is 1.20 bits per heavy atom. The largest absolute Gasteiger partial charge is 0.491 e. The maximum Gasteiger partial charge on any atom is 0.252 e. The molecule has 40 heavy (non-hydrogen) atoms. The number of halogens is 2. The van der Waals surface area contributed by atoms with Gasteiger partial charge in [-0.25, -0.2) is 4.39 Å². The second-order valence-electron chi connectivity index (χ2n) is 10.5. The summed E-state index contributed by atoms with van der Waals surface area (Å²) in [6.07, 6.45) is 4.77. The van der Waals surface area contributed by atoms with Crippen molar-refractivity contribution in [2.24, 2.45) is 11.7 Å². The van der Waals surface area contributed by atoms with Crippen LogP contribution in [0.3, 0.4) is 0 Å². The number of hydrogen-bond acceptors (Lipinski definition) is 5. The number of anilines is 1. The lowest BCUT2D eigenvalue weighted by Crippen LogP contribution is -2.36. The Hall–Kier alpha value is -3.69. The first-order valence-electron chi connectivity index (χ1n) is 13.4. The number of nitrogens with zero attached hydrogens (tertiary/aromatic N) is 1. The maximum atomic E-state index is 15.3. The highest BCUT2D eigenvalue weighted by molar-refractivity contribution is 6.31. The van der Waals surface area contributed by atoms with Gasteiger partial charge in [0.1, 0.15) is 17.6 Å². The molecule has 2 amide bonds. The number of benzene rings is 2. The summed E-state index contributed by atoms with van der Waals surface area (Å²) in [6.45, 7) is 2.94. The number of primary amides is 1. The number of fused-ring (bicyclic) bond motifs is 3. The standard InChI is InChI=1S/C30H31ClFN3O5/c1-17-12-19-7-10-23(31)28(32)27(19)22-14-26(36)35(15-25(22)40-16-17)24(13-21-4-2-3-11-39-21)30(38)34-20-8-5-18(6-9-20)29(33)37/h5-10,14-15,17,21,24H,2-4,11-13,16H2,1H3,(H2,33,37)(H,34,38)/t17-,21?,24+/m1/s1. The molecule has 1 aromatic heterocycles. The van der Waals surface area contributed by atoms with Crippen LogP contribution in [-0.4, -0.2) is 35.7 Å². The molecule has 1 fully saturated rings. The molecule has 3 atom stereocenters. The number of carbonyl (C=O) groups is 2. The zero-order chi connectivity index (χ0) is 28.4. The van der Waals surface area contributed by atoms with Crippen LogP contribution in [0.2, 0.25) is 5.02 Å². The van der Waals surface area contributed by atoms with Crippen LogP contribution < -0.4 is 21.3 Å². The Kier molecular flexibility index (Phi) is 8.23. The highest BCUT2D eigenvalue weighted by atomic mass is 35.5. The van der Waals surface area contributed by atoms with Gasteiger partial charge in [-0.15, -0.1) is 0 Å². The van der Waals surface area contributed by atoms with E-state index in [9.17, 15) is 14.4 Å². The molecule has 8 nitrogen and oxygen atoms in total. The lowest BCUT2D eigenvalue weighted by Gasteiger charge is -2.29. The molecule has 0 spiro atoms. The van der Waals surface area contributed by atoms with Crippen LogP contribution in [0.25, 0.3) is 11.1 Å². The molecule has 2 aliphatic rings. The smallest absolute Gasteiger partial charge is 0.252 e. The van der Waals surface area contributed by atoms with Gasteiger partial charge in [-0.05, 0) is 67.5 Å². The van der Waals surface area contributed by atoms with Gasteiger partial charge < -0.3 is 20.5 Å². The van der Waals surface area contributed by atoms with Gasteiger partial charge >= 0.3 is 0 Å². The van der Waals surface area contributed by atoms with E-state index in [1.54, 1.807) is 18.2 Å². The van der Waals surface area contributed by atoms with E-state index in [0.29, 0.717) is 42.2 Å². The lowest BCUT2D eigenvalue weighted by molar-refractivity contribution is -0.121. The van der Waals surface area contributed by atoms with E-state index in [2.05, 4.69) is 5.32 Å². The molecule has 210 valence electrons. The second kappa shape index (κ2) is 11.8. The fourth-order valence-corrected chi connectivity index (χ4v) is 5.49. The van der Waals surface area contributed by atoms with Gasteiger partial charge in [0.25, 0.3) is 5.56 Å². The molecule has 2 aromatic carbocycles. The van der Waals surface area contributed by atoms with Gasteiger partial charge in [0.15, 0.2) is 0 Å². The summed E-state index contributed by atoms with van der Waals surface area (Å²) in [4.78, 5) is 38.7. The molecule has 0 aliphatic carbocycles. The summed E-state index contributed by atoms with van der Waals surface area (Å²) in [6, 6.07) is 9.85. The average Bonchev–Trinajstić information content (AvgIpc) is 2.93. The van der Waals surface area contributed by atoms with E-state index < -0.39 is 29.2 Å². The Morgan fingerprint density at radius 2 is 1.98 bits per heavy atom. The molecule has 3 aromatic rings. The molecule has 3 heterocycles. The normalized spacial score (nSPS) is 19.3. The van der Waals surface area contributed by atoms with E-state index in [-0.39, 0.29) is 29.0 Å². The van der Waals surface area contributed by atoms with Crippen molar-refractivity contribution in [3.63, 3.8) is 0 Å². The maximum absolute atomic E-state index is 15.3. The van der Waals surface area contributed by atoms with Crippen LogP contribution in [0.1, 0.15) is 54.6 Å². The molecule has 1 saturated heterocycles. The van der Waals surface area contributed by atoms with Crippen molar-refractivity contribution < 1.29 is 23.5 Å². The monoisotopic (exact) mass is 567 g/mol. The molecule has 10 heteroatoms. The predicted octanol–water partition coefficient (Wildman–Crippen LogP) is 5.12. The van der Waals surface area contributed by atoms with Gasteiger partial charge in [0, 0.05) is 41.5 Å². The van der Waals surface area contributed by atoms with E-state index in [4.69, 9.17) is 26.8 Å². The van der Waals surface area contributed by atoms with Gasteiger partial charge in [-0.1, -0.05) is 24.6 Å². The summed E-state index contributed by atoms with van der Waals surface area (Å²) < 4.78 is 28.7. The first-order chi connectivity index (χ1) is 19.2. The van der Waals surface area contributed by atoms with Crippen molar-refractivity contribution in [2.45, 2.75) is 51.2 Å². The minimum absolute atomic E-state index is 0.0452. The van der Waals surface area contributed by atoms with Gasteiger partial charge in [-0.2, -0.15) is 0 Å². The van der Waals surface area contributed by atoms with Crippen molar-refractivity contribution in [3.8, 4) is 16.9 Å². The summed E-state index contributed by atoms with van der Waals surface area (Å²) >= 11 is 6.13. The number of carbonyl (C=O) groups excluding carboxylic acids is 2. The van der Waals surface area contributed by atoms with Gasteiger partial charge in [0.05, 0.1) is 23.9 Å². The number of nitrogens with two attached hydrogens (primary N) is 1. The van der Waals surface area contributed by atoms with Crippen molar-refractivity contribution in [2.75, 3.05) is 18.5 Å². The number of rotatable bonds is 6. The first kappa shape index (κ1) is 27.9.